The molecule has 0 amide bonds. The molecule has 0 aliphatic carbocycles. The van der Waals surface area contributed by atoms with Crippen LogP contribution in [0, 0.1) is 5.92 Å². The number of hydrogen-bond donors (Lipinski definition) is 0. The number of anilines is 1. The van der Waals surface area contributed by atoms with Crippen molar-refractivity contribution in [1.29, 1.82) is 0 Å². The standard InChI is InChI=1S/C14H24N2OS/c1-5-8-12-13(10-17)18-14(15-12)16(7-3)9-11(4)6-2/h10-11H,5-9H2,1-4H3. The molecule has 0 radical (unpaired) electrons. The van der Waals surface area contributed by atoms with Crippen LogP contribution in [0.3, 0.4) is 0 Å². The number of aryl methyl sites for hydroxylation is 1. The molecule has 0 aromatic carbocycles. The SMILES string of the molecule is CCCc1nc(N(CC)CC(C)CC)sc1C=O. The number of carbonyl (C=O) groups excluding carboxylic acids is 1. The summed E-state index contributed by atoms with van der Waals surface area (Å²) >= 11 is 1.53. The molecule has 0 saturated heterocycles. The smallest absolute Gasteiger partial charge is 0.186 e. The molecule has 0 bridgehead atoms. The lowest BCUT2D eigenvalue weighted by Crippen LogP contribution is -2.27. The van der Waals surface area contributed by atoms with Crippen LogP contribution < -0.4 is 4.90 Å². The molecule has 4 heteroatoms. The molecule has 3 nitrogen and oxygen atoms in total. The first kappa shape index (κ1) is 15.2. The van der Waals surface area contributed by atoms with Crippen molar-refractivity contribution < 1.29 is 4.79 Å². The van der Waals surface area contributed by atoms with E-state index in [0.29, 0.717) is 5.92 Å². The van der Waals surface area contributed by atoms with Gasteiger partial charge in [-0.25, -0.2) is 4.98 Å². The summed E-state index contributed by atoms with van der Waals surface area (Å²) in [6.07, 6.45) is 4.04. The fraction of sp³-hybridized carbons (Fsp3) is 0.714. The fourth-order valence-corrected chi connectivity index (χ4v) is 2.84. The van der Waals surface area contributed by atoms with E-state index in [2.05, 4.69) is 37.6 Å². The summed E-state index contributed by atoms with van der Waals surface area (Å²) in [5.74, 6) is 0.656. The molecule has 1 heterocycles. The number of hydrogen-bond acceptors (Lipinski definition) is 4. The zero-order valence-corrected chi connectivity index (χ0v) is 12.7. The van der Waals surface area contributed by atoms with Gasteiger partial charge < -0.3 is 4.90 Å². The van der Waals surface area contributed by atoms with Gasteiger partial charge >= 0.3 is 0 Å². The molecule has 0 aliphatic heterocycles. The quantitative estimate of drug-likeness (QED) is 0.673. The first-order chi connectivity index (χ1) is 8.65. The van der Waals surface area contributed by atoms with Crippen molar-refractivity contribution in [1.82, 2.24) is 4.98 Å². The van der Waals surface area contributed by atoms with Crippen LogP contribution in [-0.2, 0) is 6.42 Å². The Morgan fingerprint density at radius 2 is 2.11 bits per heavy atom. The fourth-order valence-electron chi connectivity index (χ4n) is 1.84. The predicted molar refractivity (Wildman–Crippen MR) is 78.8 cm³/mol. The lowest BCUT2D eigenvalue weighted by atomic mass is 10.1. The van der Waals surface area contributed by atoms with Crippen LogP contribution in [0.25, 0.3) is 0 Å². The van der Waals surface area contributed by atoms with Crippen molar-refractivity contribution in [2.24, 2.45) is 5.92 Å². The van der Waals surface area contributed by atoms with Gasteiger partial charge in [-0.15, -0.1) is 0 Å². The molecular formula is C14H24N2OS. The monoisotopic (exact) mass is 268 g/mol. The van der Waals surface area contributed by atoms with Crippen LogP contribution in [0.4, 0.5) is 5.13 Å². The van der Waals surface area contributed by atoms with Crippen LogP contribution in [-0.4, -0.2) is 24.4 Å². The summed E-state index contributed by atoms with van der Waals surface area (Å²) in [5.41, 5.74) is 0.968. The molecule has 1 atom stereocenters. The summed E-state index contributed by atoms with van der Waals surface area (Å²) in [6, 6.07) is 0. The van der Waals surface area contributed by atoms with Gasteiger partial charge in [-0.3, -0.25) is 4.79 Å². The van der Waals surface area contributed by atoms with Crippen LogP contribution in [0.15, 0.2) is 0 Å². The zero-order valence-electron chi connectivity index (χ0n) is 11.9. The second kappa shape index (κ2) is 7.52. The van der Waals surface area contributed by atoms with Gasteiger partial charge in [-0.2, -0.15) is 0 Å². The summed E-state index contributed by atoms with van der Waals surface area (Å²) in [5, 5.41) is 1.00. The molecule has 1 rings (SSSR count). The van der Waals surface area contributed by atoms with Gasteiger partial charge in [0.1, 0.15) is 0 Å². The third-order valence-electron chi connectivity index (χ3n) is 3.19. The number of nitrogens with zero attached hydrogens (tertiary/aromatic N) is 2. The number of rotatable bonds is 8. The molecule has 18 heavy (non-hydrogen) atoms. The molecular weight excluding hydrogens is 244 g/mol. The Bertz CT molecular complexity index is 376. The minimum Gasteiger partial charge on any atom is -0.348 e. The summed E-state index contributed by atoms with van der Waals surface area (Å²) in [4.78, 5) is 18.8. The van der Waals surface area contributed by atoms with E-state index >= 15 is 0 Å². The van der Waals surface area contributed by atoms with Crippen molar-refractivity contribution in [3.8, 4) is 0 Å². The van der Waals surface area contributed by atoms with E-state index in [0.717, 1.165) is 47.9 Å². The lowest BCUT2D eigenvalue weighted by molar-refractivity contribution is 0.112. The van der Waals surface area contributed by atoms with Crippen molar-refractivity contribution in [2.75, 3.05) is 18.0 Å². The highest BCUT2D eigenvalue weighted by Gasteiger charge is 2.16. The minimum absolute atomic E-state index is 0.656. The Kier molecular flexibility index (Phi) is 6.33. The average molecular weight is 268 g/mol. The summed E-state index contributed by atoms with van der Waals surface area (Å²) in [7, 11) is 0. The van der Waals surface area contributed by atoms with E-state index in [1.54, 1.807) is 0 Å². The highest BCUT2D eigenvalue weighted by atomic mass is 32.1. The molecule has 1 aromatic rings. The Hall–Kier alpha value is -0.900. The number of aldehydes is 1. The molecule has 102 valence electrons. The van der Waals surface area contributed by atoms with Crippen molar-refractivity contribution in [3.05, 3.63) is 10.6 Å². The molecule has 1 unspecified atom stereocenters. The van der Waals surface area contributed by atoms with Gasteiger partial charge in [0, 0.05) is 13.1 Å². The van der Waals surface area contributed by atoms with Crippen LogP contribution in [0.1, 0.15) is 55.9 Å². The Labute approximate surface area is 114 Å². The predicted octanol–water partition coefficient (Wildman–Crippen LogP) is 3.78. The second-order valence-corrected chi connectivity index (χ2v) is 5.74. The highest BCUT2D eigenvalue weighted by Crippen LogP contribution is 2.26. The normalized spacial score (nSPS) is 12.4. The first-order valence-corrected chi connectivity index (χ1v) is 7.67. The molecule has 0 fully saturated rings. The Morgan fingerprint density at radius 3 is 2.61 bits per heavy atom. The van der Waals surface area contributed by atoms with Gasteiger partial charge in [0.25, 0.3) is 0 Å². The van der Waals surface area contributed by atoms with Crippen molar-refractivity contribution >= 4 is 22.8 Å². The minimum atomic E-state index is 0.656. The maximum Gasteiger partial charge on any atom is 0.186 e. The second-order valence-electron chi connectivity index (χ2n) is 4.73. The average Bonchev–Trinajstić information content (AvgIpc) is 2.79. The largest absolute Gasteiger partial charge is 0.348 e. The van der Waals surface area contributed by atoms with Gasteiger partial charge in [0.2, 0.25) is 0 Å². The maximum absolute atomic E-state index is 11.1. The van der Waals surface area contributed by atoms with E-state index in [4.69, 9.17) is 0 Å². The van der Waals surface area contributed by atoms with E-state index in [9.17, 15) is 4.79 Å². The number of carbonyl (C=O) groups is 1. The molecule has 0 N–H and O–H groups in total. The van der Waals surface area contributed by atoms with Gasteiger partial charge in [0.15, 0.2) is 11.4 Å². The Balaban J connectivity index is 2.88. The van der Waals surface area contributed by atoms with E-state index in [-0.39, 0.29) is 0 Å². The van der Waals surface area contributed by atoms with Crippen LogP contribution >= 0.6 is 11.3 Å². The number of thiazole rings is 1. The topological polar surface area (TPSA) is 33.2 Å². The van der Waals surface area contributed by atoms with Gasteiger partial charge in [0.05, 0.1) is 10.6 Å². The highest BCUT2D eigenvalue weighted by molar-refractivity contribution is 7.17. The maximum atomic E-state index is 11.1. The lowest BCUT2D eigenvalue weighted by Gasteiger charge is -2.23. The van der Waals surface area contributed by atoms with Crippen LogP contribution in [0.5, 0.6) is 0 Å². The third kappa shape index (κ3) is 3.80. The van der Waals surface area contributed by atoms with Gasteiger partial charge in [-0.1, -0.05) is 44.9 Å². The first-order valence-electron chi connectivity index (χ1n) is 6.85. The zero-order chi connectivity index (χ0) is 13.5. The third-order valence-corrected chi connectivity index (χ3v) is 4.28. The van der Waals surface area contributed by atoms with Gasteiger partial charge in [-0.05, 0) is 19.3 Å². The van der Waals surface area contributed by atoms with Crippen molar-refractivity contribution in [3.63, 3.8) is 0 Å². The van der Waals surface area contributed by atoms with E-state index in [1.807, 2.05) is 0 Å². The Morgan fingerprint density at radius 1 is 1.39 bits per heavy atom. The molecule has 1 aromatic heterocycles. The van der Waals surface area contributed by atoms with Crippen molar-refractivity contribution in [2.45, 2.75) is 47.0 Å². The summed E-state index contributed by atoms with van der Waals surface area (Å²) in [6.45, 7) is 10.7. The molecule has 0 spiro atoms. The molecule has 0 saturated carbocycles. The summed E-state index contributed by atoms with van der Waals surface area (Å²) < 4.78 is 0. The van der Waals surface area contributed by atoms with Crippen LogP contribution in [0.2, 0.25) is 0 Å². The van der Waals surface area contributed by atoms with E-state index in [1.165, 1.54) is 17.8 Å². The number of aromatic nitrogens is 1. The molecule has 0 aliphatic rings. The van der Waals surface area contributed by atoms with E-state index < -0.39 is 0 Å².